The molecule has 2 aromatic carbocycles. The number of aliphatic carboxylic acids is 1. The second-order valence-electron chi connectivity index (χ2n) is 5.04. The Morgan fingerprint density at radius 1 is 1.19 bits per heavy atom. The van der Waals surface area contributed by atoms with Crippen LogP contribution in [0.1, 0.15) is 17.2 Å². The van der Waals surface area contributed by atoms with Gasteiger partial charge in [0.1, 0.15) is 11.6 Å². The normalized spacial score (nSPS) is 17.4. The monoisotopic (exact) mass is 287 g/mol. The van der Waals surface area contributed by atoms with Crippen molar-refractivity contribution in [2.75, 3.05) is 11.4 Å². The van der Waals surface area contributed by atoms with Gasteiger partial charge >= 0.3 is 5.97 Å². The van der Waals surface area contributed by atoms with Crippen LogP contribution < -0.4 is 4.90 Å². The van der Waals surface area contributed by atoms with Gasteiger partial charge in [0.25, 0.3) is 0 Å². The van der Waals surface area contributed by atoms with Crippen LogP contribution in [0.3, 0.4) is 0 Å². The van der Waals surface area contributed by atoms with Gasteiger partial charge in [-0.2, -0.15) is 0 Å². The van der Waals surface area contributed by atoms with Crippen molar-refractivity contribution in [3.05, 3.63) is 59.4 Å². The van der Waals surface area contributed by atoms with E-state index >= 15 is 0 Å². The maximum Gasteiger partial charge on any atom is 0.331 e. The van der Waals surface area contributed by atoms with Gasteiger partial charge in [0.05, 0.1) is 0 Å². The zero-order valence-electron chi connectivity index (χ0n) is 11.2. The molecule has 0 saturated carbocycles. The standard InChI is InChI=1S/C16H14FNO3/c17-11-1-3-12(4-2-11)18-8-7-10-9-13(19)5-6-14(10)15(18)16(20)21/h1-6,9,15,19H,7-8H2,(H,20,21)/t15-/m0/s1. The van der Waals surface area contributed by atoms with Gasteiger partial charge in [0.2, 0.25) is 0 Å². The molecule has 0 aliphatic carbocycles. The van der Waals surface area contributed by atoms with Crippen LogP contribution in [0.2, 0.25) is 0 Å². The topological polar surface area (TPSA) is 60.8 Å². The Bertz CT molecular complexity index is 684. The smallest absolute Gasteiger partial charge is 0.331 e. The summed E-state index contributed by atoms with van der Waals surface area (Å²) in [5.74, 6) is -1.19. The predicted octanol–water partition coefficient (Wildman–Crippen LogP) is 2.72. The number of carboxylic acids is 1. The van der Waals surface area contributed by atoms with E-state index in [1.54, 1.807) is 29.2 Å². The Morgan fingerprint density at radius 3 is 2.57 bits per heavy atom. The second-order valence-corrected chi connectivity index (χ2v) is 5.04. The molecular formula is C16H14FNO3. The fraction of sp³-hybridized carbons (Fsp3) is 0.188. The van der Waals surface area contributed by atoms with E-state index in [4.69, 9.17) is 0 Å². The van der Waals surface area contributed by atoms with Crippen LogP contribution in [0, 0.1) is 5.82 Å². The van der Waals surface area contributed by atoms with Crippen molar-refractivity contribution in [3.63, 3.8) is 0 Å². The number of nitrogens with zero attached hydrogens (tertiary/aromatic N) is 1. The summed E-state index contributed by atoms with van der Waals surface area (Å²) in [4.78, 5) is 13.4. The van der Waals surface area contributed by atoms with Gasteiger partial charge in [0, 0.05) is 12.2 Å². The Hall–Kier alpha value is -2.56. The van der Waals surface area contributed by atoms with Gasteiger partial charge in [-0.3, -0.25) is 0 Å². The highest BCUT2D eigenvalue weighted by Crippen LogP contribution is 2.35. The van der Waals surface area contributed by atoms with E-state index in [-0.39, 0.29) is 11.6 Å². The average Bonchev–Trinajstić information content (AvgIpc) is 2.46. The highest BCUT2D eigenvalue weighted by Gasteiger charge is 2.33. The lowest BCUT2D eigenvalue weighted by Gasteiger charge is -2.36. The van der Waals surface area contributed by atoms with Crippen molar-refractivity contribution in [2.24, 2.45) is 0 Å². The molecule has 0 fully saturated rings. The molecule has 0 radical (unpaired) electrons. The van der Waals surface area contributed by atoms with E-state index in [2.05, 4.69) is 0 Å². The summed E-state index contributed by atoms with van der Waals surface area (Å²) in [6, 6.07) is 9.70. The first-order valence-electron chi connectivity index (χ1n) is 6.63. The zero-order valence-corrected chi connectivity index (χ0v) is 11.2. The first-order chi connectivity index (χ1) is 10.1. The van der Waals surface area contributed by atoms with E-state index in [1.807, 2.05) is 0 Å². The molecule has 5 heteroatoms. The highest BCUT2D eigenvalue weighted by molar-refractivity contribution is 5.81. The van der Waals surface area contributed by atoms with Crippen LogP contribution in [0.15, 0.2) is 42.5 Å². The minimum atomic E-state index is -0.967. The van der Waals surface area contributed by atoms with Crippen molar-refractivity contribution < 1.29 is 19.4 Å². The average molecular weight is 287 g/mol. The maximum absolute atomic E-state index is 13.0. The number of carboxylic acid groups (broad SMARTS) is 1. The quantitative estimate of drug-likeness (QED) is 0.891. The lowest BCUT2D eigenvalue weighted by atomic mass is 9.92. The summed E-state index contributed by atoms with van der Waals surface area (Å²) in [6.45, 7) is 0.499. The van der Waals surface area contributed by atoms with Crippen molar-refractivity contribution in [3.8, 4) is 5.75 Å². The van der Waals surface area contributed by atoms with Crippen LogP contribution in [0.4, 0.5) is 10.1 Å². The molecule has 0 bridgehead atoms. The summed E-state index contributed by atoms with van der Waals surface area (Å²) >= 11 is 0. The molecule has 108 valence electrons. The minimum Gasteiger partial charge on any atom is -0.508 e. The molecule has 21 heavy (non-hydrogen) atoms. The number of hydrogen-bond donors (Lipinski definition) is 2. The Labute approximate surface area is 121 Å². The Balaban J connectivity index is 2.05. The van der Waals surface area contributed by atoms with Crippen LogP contribution in [-0.2, 0) is 11.2 Å². The molecule has 0 amide bonds. The van der Waals surface area contributed by atoms with Crippen LogP contribution in [0.5, 0.6) is 5.75 Å². The number of phenolic OH excluding ortho intramolecular Hbond substituents is 1. The number of halogens is 1. The van der Waals surface area contributed by atoms with Gasteiger partial charge in [-0.1, -0.05) is 6.07 Å². The molecule has 0 aromatic heterocycles. The number of carbonyl (C=O) groups is 1. The fourth-order valence-corrected chi connectivity index (χ4v) is 2.79. The Morgan fingerprint density at radius 2 is 1.90 bits per heavy atom. The van der Waals surface area contributed by atoms with Crippen molar-refractivity contribution in [1.29, 1.82) is 0 Å². The fourth-order valence-electron chi connectivity index (χ4n) is 2.79. The lowest BCUT2D eigenvalue weighted by molar-refractivity contribution is -0.138. The van der Waals surface area contributed by atoms with E-state index < -0.39 is 12.0 Å². The largest absolute Gasteiger partial charge is 0.508 e. The molecule has 1 aliphatic heterocycles. The summed E-state index contributed by atoms with van der Waals surface area (Å²) < 4.78 is 13.0. The number of hydrogen-bond acceptors (Lipinski definition) is 3. The van der Waals surface area contributed by atoms with Gasteiger partial charge in [-0.25, -0.2) is 9.18 Å². The predicted molar refractivity (Wildman–Crippen MR) is 75.9 cm³/mol. The van der Waals surface area contributed by atoms with Gasteiger partial charge in [0.15, 0.2) is 6.04 Å². The summed E-state index contributed by atoms with van der Waals surface area (Å²) in [7, 11) is 0. The van der Waals surface area contributed by atoms with E-state index in [1.165, 1.54) is 18.2 Å². The van der Waals surface area contributed by atoms with E-state index in [9.17, 15) is 19.4 Å². The molecule has 1 aliphatic rings. The number of benzene rings is 2. The molecular weight excluding hydrogens is 273 g/mol. The number of fused-ring (bicyclic) bond motifs is 1. The molecule has 3 rings (SSSR count). The summed E-state index contributed by atoms with van der Waals surface area (Å²) in [5, 5.41) is 19.1. The van der Waals surface area contributed by atoms with Crippen molar-refractivity contribution in [2.45, 2.75) is 12.5 Å². The van der Waals surface area contributed by atoms with Gasteiger partial charge in [-0.05, 0) is 53.9 Å². The van der Waals surface area contributed by atoms with Crippen molar-refractivity contribution in [1.82, 2.24) is 0 Å². The number of phenols is 1. The second kappa shape index (κ2) is 5.09. The first kappa shape index (κ1) is 13.4. The molecule has 2 aromatic rings. The summed E-state index contributed by atoms with van der Waals surface area (Å²) in [5.41, 5.74) is 2.17. The molecule has 0 unspecified atom stereocenters. The molecule has 4 nitrogen and oxygen atoms in total. The Kier molecular flexibility index (Phi) is 3.25. The molecule has 0 spiro atoms. The SMILES string of the molecule is O=C(O)[C@@H]1c2ccc(O)cc2CCN1c1ccc(F)cc1. The van der Waals surface area contributed by atoms with Crippen molar-refractivity contribution >= 4 is 11.7 Å². The minimum absolute atomic E-state index is 0.133. The third-order valence-corrected chi connectivity index (χ3v) is 3.75. The zero-order chi connectivity index (χ0) is 15.0. The number of anilines is 1. The van der Waals surface area contributed by atoms with E-state index in [0.717, 1.165) is 5.56 Å². The number of rotatable bonds is 2. The third kappa shape index (κ3) is 2.42. The molecule has 1 atom stereocenters. The van der Waals surface area contributed by atoms with Crippen LogP contribution >= 0.6 is 0 Å². The van der Waals surface area contributed by atoms with Gasteiger partial charge < -0.3 is 15.1 Å². The first-order valence-corrected chi connectivity index (χ1v) is 6.63. The number of aromatic hydroxyl groups is 1. The lowest BCUT2D eigenvalue weighted by Crippen LogP contribution is -2.39. The highest BCUT2D eigenvalue weighted by atomic mass is 19.1. The van der Waals surface area contributed by atoms with E-state index in [0.29, 0.717) is 24.2 Å². The van der Waals surface area contributed by atoms with Gasteiger partial charge in [-0.15, -0.1) is 0 Å². The summed E-state index contributed by atoms with van der Waals surface area (Å²) in [6.07, 6.45) is 0.630. The molecule has 2 N–H and O–H groups in total. The maximum atomic E-state index is 13.0. The molecule has 0 saturated heterocycles. The van der Waals surface area contributed by atoms with Crippen LogP contribution in [-0.4, -0.2) is 22.7 Å². The van der Waals surface area contributed by atoms with Crippen LogP contribution in [0.25, 0.3) is 0 Å². The molecule has 1 heterocycles. The third-order valence-electron chi connectivity index (χ3n) is 3.75.